The Hall–Kier alpha value is -1.79. The van der Waals surface area contributed by atoms with Crippen molar-refractivity contribution < 1.29 is 14.3 Å². The summed E-state index contributed by atoms with van der Waals surface area (Å²) in [5, 5.41) is 5.13. The summed E-state index contributed by atoms with van der Waals surface area (Å²) >= 11 is 0. The van der Waals surface area contributed by atoms with Crippen LogP contribution in [0.1, 0.15) is 25.7 Å². The quantitative estimate of drug-likeness (QED) is 0.737. The third-order valence-corrected chi connectivity index (χ3v) is 3.35. The molecule has 1 aliphatic rings. The zero-order valence-corrected chi connectivity index (χ0v) is 13.2. The highest BCUT2D eigenvalue weighted by molar-refractivity contribution is 5.94. The summed E-state index contributed by atoms with van der Waals surface area (Å²) in [6.07, 6.45) is 4.87. The van der Waals surface area contributed by atoms with E-state index in [4.69, 9.17) is 10.5 Å². The first kappa shape index (κ1) is 18.3. The van der Waals surface area contributed by atoms with Gasteiger partial charge in [-0.05, 0) is 37.8 Å². The van der Waals surface area contributed by atoms with E-state index in [2.05, 4.69) is 10.6 Å². The molecule has 0 heterocycles. The average Bonchev–Trinajstić information content (AvgIpc) is 2.98. The maximum atomic E-state index is 11.7. The highest BCUT2D eigenvalue weighted by Gasteiger charge is 2.16. The van der Waals surface area contributed by atoms with Crippen molar-refractivity contribution in [1.29, 1.82) is 0 Å². The topological polar surface area (TPSA) is 93.5 Å². The van der Waals surface area contributed by atoms with Crippen LogP contribution in [0.4, 0.5) is 5.69 Å². The van der Waals surface area contributed by atoms with Crippen LogP contribution in [0.15, 0.2) is 24.3 Å². The number of hydrogen-bond donors (Lipinski definition) is 3. The van der Waals surface area contributed by atoms with E-state index in [-0.39, 0.29) is 43.4 Å². The molecule has 6 nitrogen and oxygen atoms in total. The molecule has 0 atom stereocenters. The Balaban J connectivity index is 0.00000242. The van der Waals surface area contributed by atoms with Gasteiger partial charge in [-0.15, -0.1) is 12.4 Å². The molecule has 2 rings (SSSR count). The van der Waals surface area contributed by atoms with Crippen LogP contribution in [0.25, 0.3) is 0 Å². The Kier molecular flexibility index (Phi) is 7.70. The van der Waals surface area contributed by atoms with Crippen molar-refractivity contribution in [2.75, 3.05) is 18.4 Å². The fraction of sp³-hybridized carbons (Fsp3) is 0.467. The van der Waals surface area contributed by atoms with Crippen LogP contribution in [0.5, 0.6) is 5.75 Å². The third kappa shape index (κ3) is 5.91. The van der Waals surface area contributed by atoms with Gasteiger partial charge in [0.05, 0.1) is 19.2 Å². The van der Waals surface area contributed by atoms with Gasteiger partial charge in [0.15, 0.2) is 0 Å². The highest BCUT2D eigenvalue weighted by Crippen LogP contribution is 2.25. The van der Waals surface area contributed by atoms with Crippen molar-refractivity contribution in [3.05, 3.63) is 24.3 Å². The largest absolute Gasteiger partial charge is 0.490 e. The molecule has 4 N–H and O–H groups in total. The lowest BCUT2D eigenvalue weighted by atomic mass is 10.2. The van der Waals surface area contributed by atoms with Gasteiger partial charge in [0.25, 0.3) is 0 Å². The zero-order valence-electron chi connectivity index (χ0n) is 12.3. The number of benzene rings is 1. The minimum atomic E-state index is -0.358. The number of amides is 2. The third-order valence-electron chi connectivity index (χ3n) is 3.35. The SMILES string of the molecule is Cl.NCC(=O)NCC(=O)Nc1cccc(OC2CCCC2)c1. The van der Waals surface area contributed by atoms with Gasteiger partial charge in [-0.25, -0.2) is 0 Å². The van der Waals surface area contributed by atoms with Crippen LogP contribution in [0, 0.1) is 0 Å². The molecule has 0 aliphatic heterocycles. The Morgan fingerprint density at radius 1 is 1.23 bits per heavy atom. The number of halogens is 1. The maximum absolute atomic E-state index is 11.7. The molecular formula is C15H22ClN3O3. The molecular weight excluding hydrogens is 306 g/mol. The fourth-order valence-corrected chi connectivity index (χ4v) is 2.30. The lowest BCUT2D eigenvalue weighted by Gasteiger charge is -2.14. The molecule has 0 bridgehead atoms. The van der Waals surface area contributed by atoms with Crippen molar-refractivity contribution >= 4 is 29.9 Å². The number of nitrogens with two attached hydrogens (primary N) is 1. The molecule has 2 amide bonds. The van der Waals surface area contributed by atoms with Gasteiger partial charge >= 0.3 is 0 Å². The van der Waals surface area contributed by atoms with Gasteiger partial charge in [-0.3, -0.25) is 9.59 Å². The molecule has 1 aliphatic carbocycles. The van der Waals surface area contributed by atoms with Crippen LogP contribution in [0.3, 0.4) is 0 Å². The summed E-state index contributed by atoms with van der Waals surface area (Å²) in [6.45, 7) is -0.220. The van der Waals surface area contributed by atoms with E-state index >= 15 is 0 Å². The van der Waals surface area contributed by atoms with Gasteiger partial charge in [-0.1, -0.05) is 6.07 Å². The molecule has 0 saturated heterocycles. The second-order valence-electron chi connectivity index (χ2n) is 5.08. The van der Waals surface area contributed by atoms with E-state index in [1.54, 1.807) is 12.1 Å². The number of carbonyl (C=O) groups excluding carboxylic acids is 2. The molecule has 1 fully saturated rings. The van der Waals surface area contributed by atoms with E-state index in [9.17, 15) is 9.59 Å². The molecule has 0 radical (unpaired) electrons. The molecule has 122 valence electrons. The first-order valence-corrected chi connectivity index (χ1v) is 7.20. The smallest absolute Gasteiger partial charge is 0.243 e. The number of nitrogens with one attached hydrogen (secondary N) is 2. The standard InChI is InChI=1S/C15H21N3O3.ClH/c16-9-14(19)17-10-15(20)18-11-4-3-7-13(8-11)21-12-5-1-2-6-12;/h3-4,7-8,12H,1-2,5-6,9-10,16H2,(H,17,19)(H,18,20);1H. The van der Waals surface area contributed by atoms with Crippen LogP contribution < -0.4 is 21.1 Å². The van der Waals surface area contributed by atoms with Crippen LogP contribution in [-0.4, -0.2) is 31.0 Å². The summed E-state index contributed by atoms with van der Waals surface area (Å²) < 4.78 is 5.88. The second kappa shape index (κ2) is 9.27. The molecule has 22 heavy (non-hydrogen) atoms. The minimum Gasteiger partial charge on any atom is -0.490 e. The van der Waals surface area contributed by atoms with Crippen molar-refractivity contribution in [2.24, 2.45) is 5.73 Å². The summed E-state index contributed by atoms with van der Waals surface area (Å²) in [4.78, 5) is 22.7. The maximum Gasteiger partial charge on any atom is 0.243 e. The van der Waals surface area contributed by atoms with Gasteiger partial charge in [-0.2, -0.15) is 0 Å². The lowest BCUT2D eigenvalue weighted by molar-refractivity contribution is -0.123. The second-order valence-corrected chi connectivity index (χ2v) is 5.08. The highest BCUT2D eigenvalue weighted by atomic mass is 35.5. The van der Waals surface area contributed by atoms with E-state index in [1.165, 1.54) is 12.8 Å². The van der Waals surface area contributed by atoms with Gasteiger partial charge in [0.1, 0.15) is 5.75 Å². The molecule has 1 aromatic carbocycles. The molecule has 0 unspecified atom stereocenters. The molecule has 1 aromatic rings. The zero-order chi connectivity index (χ0) is 15.1. The number of carbonyl (C=O) groups is 2. The van der Waals surface area contributed by atoms with E-state index < -0.39 is 0 Å². The summed E-state index contributed by atoms with van der Waals surface area (Å²) in [5.41, 5.74) is 5.80. The summed E-state index contributed by atoms with van der Waals surface area (Å²) in [5.74, 6) is 0.101. The Bertz CT molecular complexity index is 505. The van der Waals surface area contributed by atoms with Crippen LogP contribution in [-0.2, 0) is 9.59 Å². The fourth-order valence-electron chi connectivity index (χ4n) is 2.30. The number of rotatable bonds is 6. The van der Waals surface area contributed by atoms with Crippen LogP contribution >= 0.6 is 12.4 Å². The van der Waals surface area contributed by atoms with E-state index in [1.807, 2.05) is 12.1 Å². The number of anilines is 1. The predicted octanol–water partition coefficient (Wildman–Crippen LogP) is 1.44. The summed E-state index contributed by atoms with van der Waals surface area (Å²) in [7, 11) is 0. The number of hydrogen-bond acceptors (Lipinski definition) is 4. The summed E-state index contributed by atoms with van der Waals surface area (Å²) in [6, 6.07) is 7.29. The van der Waals surface area contributed by atoms with Crippen LogP contribution in [0.2, 0.25) is 0 Å². The Morgan fingerprint density at radius 2 is 1.95 bits per heavy atom. The average molecular weight is 328 g/mol. The van der Waals surface area contributed by atoms with Crippen molar-refractivity contribution in [2.45, 2.75) is 31.8 Å². The predicted molar refractivity (Wildman–Crippen MR) is 87.3 cm³/mol. The van der Waals surface area contributed by atoms with Crippen molar-refractivity contribution in [1.82, 2.24) is 5.32 Å². The molecule has 0 spiro atoms. The normalized spacial score (nSPS) is 14.0. The van der Waals surface area contributed by atoms with Crippen molar-refractivity contribution in [3.8, 4) is 5.75 Å². The Labute approximate surface area is 136 Å². The lowest BCUT2D eigenvalue weighted by Crippen LogP contribution is -2.36. The molecule has 0 aromatic heterocycles. The van der Waals surface area contributed by atoms with Gasteiger partial charge in [0.2, 0.25) is 11.8 Å². The van der Waals surface area contributed by atoms with E-state index in [0.717, 1.165) is 18.6 Å². The first-order chi connectivity index (χ1) is 10.2. The van der Waals surface area contributed by atoms with Gasteiger partial charge in [0, 0.05) is 11.8 Å². The monoisotopic (exact) mass is 327 g/mol. The Morgan fingerprint density at radius 3 is 2.64 bits per heavy atom. The minimum absolute atomic E-state index is 0. The first-order valence-electron chi connectivity index (χ1n) is 7.20. The number of ether oxygens (including phenoxy) is 1. The molecule has 1 saturated carbocycles. The van der Waals surface area contributed by atoms with Crippen molar-refractivity contribution in [3.63, 3.8) is 0 Å². The molecule has 7 heteroatoms. The van der Waals surface area contributed by atoms with Gasteiger partial charge < -0.3 is 21.1 Å². The van der Waals surface area contributed by atoms with E-state index in [0.29, 0.717) is 5.69 Å².